The van der Waals surface area contributed by atoms with E-state index in [2.05, 4.69) is 0 Å². The van der Waals surface area contributed by atoms with E-state index in [1.54, 1.807) is 26.2 Å². The highest BCUT2D eigenvalue weighted by Gasteiger charge is 2.92. The lowest BCUT2D eigenvalue weighted by Crippen LogP contribution is -2.77. The van der Waals surface area contributed by atoms with Gasteiger partial charge in [0.05, 0.1) is 24.7 Å². The van der Waals surface area contributed by atoms with Crippen LogP contribution in [0.25, 0.3) is 0 Å². The quantitative estimate of drug-likeness (QED) is 0.379. The Morgan fingerprint density at radius 3 is 2.56 bits per heavy atom. The summed E-state index contributed by atoms with van der Waals surface area (Å²) in [5, 5.41) is 11.9. The number of furan rings is 1. The van der Waals surface area contributed by atoms with Gasteiger partial charge in [0, 0.05) is 21.8 Å². The third-order valence-corrected chi connectivity index (χ3v) is 10.8. The minimum absolute atomic E-state index is 0.202. The molecule has 2 saturated carbocycles. The first-order chi connectivity index (χ1) is 16.0. The maximum Gasteiger partial charge on any atom is 0.339 e. The van der Waals surface area contributed by atoms with Crippen molar-refractivity contribution in [3.05, 3.63) is 36.3 Å². The fourth-order valence-electron chi connectivity index (χ4n) is 9.42. The maximum atomic E-state index is 14.2. The van der Waals surface area contributed by atoms with Gasteiger partial charge in [0.25, 0.3) is 0 Å². The van der Waals surface area contributed by atoms with Gasteiger partial charge in [-0.3, -0.25) is 9.59 Å². The molecule has 3 aliphatic carbocycles. The third-order valence-electron chi connectivity index (χ3n) is 10.8. The molecule has 7 rings (SSSR count). The van der Waals surface area contributed by atoms with Crippen LogP contribution in [0.3, 0.4) is 0 Å². The van der Waals surface area contributed by atoms with E-state index in [0.717, 1.165) is 5.56 Å². The number of esters is 1. The van der Waals surface area contributed by atoms with Gasteiger partial charge in [-0.1, -0.05) is 19.9 Å². The Bertz CT molecular complexity index is 1200. The highest BCUT2D eigenvalue weighted by atomic mass is 16.7. The van der Waals surface area contributed by atoms with E-state index in [4.69, 9.17) is 18.6 Å². The van der Waals surface area contributed by atoms with Gasteiger partial charge in [0.15, 0.2) is 17.7 Å². The van der Waals surface area contributed by atoms with Crippen LogP contribution < -0.4 is 0 Å². The fourth-order valence-corrected chi connectivity index (χ4v) is 9.42. The second-order valence-electron chi connectivity index (χ2n) is 12.0. The number of ketones is 2. The molecule has 0 bridgehead atoms. The topological polar surface area (TPSA) is 116 Å². The lowest BCUT2D eigenvalue weighted by molar-refractivity contribution is -0.239. The van der Waals surface area contributed by atoms with Gasteiger partial charge < -0.3 is 23.7 Å². The van der Waals surface area contributed by atoms with E-state index in [9.17, 15) is 19.5 Å². The summed E-state index contributed by atoms with van der Waals surface area (Å²) >= 11 is 0. The monoisotopic (exact) mass is 468 g/mol. The van der Waals surface area contributed by atoms with Crippen LogP contribution in [0.2, 0.25) is 0 Å². The molecule has 1 aromatic rings. The molecule has 3 saturated heterocycles. The highest BCUT2D eigenvalue weighted by molar-refractivity contribution is 6.18. The predicted molar refractivity (Wildman–Crippen MR) is 114 cm³/mol. The SMILES string of the molecule is CC1(C)OC[C@]23C=CC(=O)[C@]12C(=O)[C@H](O)[C@]1(C)[C@@H]3CC[C@]2(C)[C@H](c3ccoc3)OC(=O)[C@@H]3O[C@]312. The zero-order valence-corrected chi connectivity index (χ0v) is 19.6. The number of ether oxygens (including phenoxy) is 3. The summed E-state index contributed by atoms with van der Waals surface area (Å²) in [4.78, 5) is 40.8. The molecular weight excluding hydrogens is 440 g/mol. The number of aliphatic hydroxyl groups excluding tert-OH is 1. The van der Waals surface area contributed by atoms with Crippen LogP contribution in [0.15, 0.2) is 35.2 Å². The number of epoxide rings is 1. The molecule has 0 unspecified atom stereocenters. The predicted octanol–water partition coefficient (Wildman–Crippen LogP) is 2.30. The molecule has 0 aromatic carbocycles. The minimum Gasteiger partial charge on any atom is -0.472 e. The van der Waals surface area contributed by atoms with Crippen LogP contribution in [0.4, 0.5) is 0 Å². The molecule has 9 atom stereocenters. The molecule has 4 heterocycles. The molecule has 1 aromatic heterocycles. The van der Waals surface area contributed by atoms with Gasteiger partial charge >= 0.3 is 5.97 Å². The van der Waals surface area contributed by atoms with Crippen LogP contribution in [-0.4, -0.2) is 52.7 Å². The summed E-state index contributed by atoms with van der Waals surface area (Å²) in [6.45, 7) is 7.61. The smallest absolute Gasteiger partial charge is 0.339 e. The molecule has 1 spiro atoms. The van der Waals surface area contributed by atoms with Crippen LogP contribution in [0.5, 0.6) is 0 Å². The van der Waals surface area contributed by atoms with Gasteiger partial charge in [-0.25, -0.2) is 4.79 Å². The number of hydrogen-bond donors (Lipinski definition) is 1. The largest absolute Gasteiger partial charge is 0.472 e. The molecular formula is C26H28O8. The van der Waals surface area contributed by atoms with Gasteiger partial charge in [-0.05, 0) is 44.7 Å². The van der Waals surface area contributed by atoms with E-state index in [1.165, 1.54) is 12.3 Å². The molecule has 6 aliphatic rings. The maximum absolute atomic E-state index is 14.2. The first-order valence-corrected chi connectivity index (χ1v) is 12.0. The summed E-state index contributed by atoms with van der Waals surface area (Å²) in [5.41, 5.74) is -5.71. The first kappa shape index (κ1) is 21.0. The van der Waals surface area contributed by atoms with Gasteiger partial charge in [-0.15, -0.1) is 0 Å². The molecule has 3 aliphatic heterocycles. The Hall–Kier alpha value is -2.29. The Morgan fingerprint density at radius 2 is 1.85 bits per heavy atom. The van der Waals surface area contributed by atoms with Crippen molar-refractivity contribution in [2.45, 2.75) is 70.1 Å². The van der Waals surface area contributed by atoms with E-state index < -0.39 is 62.9 Å². The average molecular weight is 469 g/mol. The van der Waals surface area contributed by atoms with Crippen molar-refractivity contribution in [1.29, 1.82) is 0 Å². The number of carbonyl (C=O) groups is 3. The zero-order chi connectivity index (χ0) is 24.1. The minimum atomic E-state index is -1.50. The Balaban J connectivity index is 1.47. The van der Waals surface area contributed by atoms with Crippen molar-refractivity contribution in [3.8, 4) is 0 Å². The second-order valence-corrected chi connectivity index (χ2v) is 12.0. The summed E-state index contributed by atoms with van der Waals surface area (Å²) in [6.07, 6.45) is 4.65. The van der Waals surface area contributed by atoms with Crippen molar-refractivity contribution >= 4 is 17.5 Å². The van der Waals surface area contributed by atoms with Crippen molar-refractivity contribution in [2.75, 3.05) is 6.61 Å². The molecule has 180 valence electrons. The number of fused-ring (bicyclic) bond motifs is 1. The van der Waals surface area contributed by atoms with Gasteiger partial charge in [-0.2, -0.15) is 0 Å². The highest BCUT2D eigenvalue weighted by Crippen LogP contribution is 2.81. The summed E-state index contributed by atoms with van der Waals surface area (Å²) in [6, 6.07) is 1.77. The van der Waals surface area contributed by atoms with Crippen LogP contribution in [-0.2, 0) is 28.6 Å². The van der Waals surface area contributed by atoms with E-state index in [1.807, 2.05) is 19.9 Å². The Kier molecular flexibility index (Phi) is 3.45. The number of aliphatic hydroxyl groups is 1. The fraction of sp³-hybridized carbons (Fsp3) is 0.654. The number of cyclic esters (lactones) is 1. The molecule has 5 fully saturated rings. The van der Waals surface area contributed by atoms with Crippen LogP contribution in [0.1, 0.15) is 52.2 Å². The molecule has 34 heavy (non-hydrogen) atoms. The summed E-state index contributed by atoms with van der Waals surface area (Å²) in [7, 11) is 0. The Morgan fingerprint density at radius 1 is 1.09 bits per heavy atom. The number of Topliss-reactive ketones (excluding diaryl/α,β-unsaturated/α-hetero) is 1. The number of rotatable bonds is 1. The molecule has 0 radical (unpaired) electrons. The number of hydrogen-bond acceptors (Lipinski definition) is 8. The van der Waals surface area contributed by atoms with Crippen molar-refractivity contribution < 1.29 is 38.1 Å². The first-order valence-electron chi connectivity index (χ1n) is 12.0. The van der Waals surface area contributed by atoms with Gasteiger partial charge in [0.2, 0.25) is 0 Å². The van der Waals surface area contributed by atoms with Gasteiger partial charge in [0.1, 0.15) is 23.2 Å². The van der Waals surface area contributed by atoms with Crippen molar-refractivity contribution in [1.82, 2.24) is 0 Å². The van der Waals surface area contributed by atoms with Crippen LogP contribution >= 0.6 is 0 Å². The van der Waals surface area contributed by atoms with E-state index in [0.29, 0.717) is 12.8 Å². The molecule has 8 nitrogen and oxygen atoms in total. The van der Waals surface area contributed by atoms with Crippen LogP contribution in [0, 0.1) is 27.6 Å². The molecule has 8 heteroatoms. The summed E-state index contributed by atoms with van der Waals surface area (Å²) < 4.78 is 23.7. The molecule has 1 N–H and O–H groups in total. The van der Waals surface area contributed by atoms with Crippen molar-refractivity contribution in [2.24, 2.45) is 27.6 Å². The number of allylic oxidation sites excluding steroid dienone is 1. The third kappa shape index (κ3) is 1.68. The van der Waals surface area contributed by atoms with E-state index in [-0.39, 0.29) is 18.3 Å². The molecule has 0 amide bonds. The van der Waals surface area contributed by atoms with Crippen molar-refractivity contribution in [3.63, 3.8) is 0 Å². The zero-order valence-electron chi connectivity index (χ0n) is 19.6. The standard InChI is InChI=1S/C26H28O8/c1-21(2)25-15(27)6-9-24(25,12-32-21)14-5-8-22(3)18(13-7-10-31-11-13)33-20(30)19-26(22,34-19)23(14,4)16(28)17(25)29/h6-7,9-11,14,16,18-19,28H,5,8,12H2,1-4H3/t14-,16-,18-,19-,22+,23-,24-,25-,26-/m0/s1. The summed E-state index contributed by atoms with van der Waals surface area (Å²) in [5.74, 6) is -1.65. The number of carbonyl (C=O) groups excluding carboxylic acids is 3. The lowest BCUT2D eigenvalue weighted by Gasteiger charge is -2.66. The normalized spacial score (nSPS) is 54.0. The second kappa shape index (κ2) is 5.58. The Labute approximate surface area is 196 Å². The van der Waals surface area contributed by atoms with E-state index >= 15 is 0 Å². The average Bonchev–Trinajstić information content (AvgIpc) is 3.08. The lowest BCUT2D eigenvalue weighted by atomic mass is 9.34.